The van der Waals surface area contributed by atoms with Gasteiger partial charge in [0, 0.05) is 17.7 Å². The monoisotopic (exact) mass is 284 g/mol. The number of hydrogen-bond donors (Lipinski definition) is 1. The lowest BCUT2D eigenvalue weighted by atomic mass is 9.93. The first kappa shape index (κ1) is 14.0. The van der Waals surface area contributed by atoms with Gasteiger partial charge in [-0.05, 0) is 18.8 Å². The number of nitro groups is 1. The maximum atomic E-state index is 11.4. The Bertz CT molecular complexity index is 585. The minimum atomic E-state index is -2.97. The van der Waals surface area contributed by atoms with E-state index >= 15 is 0 Å². The number of nitrogens with zero attached hydrogens (tertiary/aromatic N) is 1. The number of para-hydroxylation sites is 1. The summed E-state index contributed by atoms with van der Waals surface area (Å²) >= 11 is 0. The van der Waals surface area contributed by atoms with Crippen LogP contribution < -0.4 is 5.73 Å². The van der Waals surface area contributed by atoms with Gasteiger partial charge < -0.3 is 5.73 Å². The first-order valence-corrected chi connectivity index (χ1v) is 7.89. The van der Waals surface area contributed by atoms with Crippen molar-refractivity contribution in [3.8, 4) is 0 Å². The summed E-state index contributed by atoms with van der Waals surface area (Å²) in [6, 6.07) is 6.07. The third-order valence-electron chi connectivity index (χ3n) is 3.52. The van der Waals surface area contributed by atoms with Crippen molar-refractivity contribution in [2.75, 3.05) is 11.5 Å². The number of nitrogens with two attached hydrogens (primary N) is 1. The molecule has 1 saturated heterocycles. The molecule has 0 radical (unpaired) electrons. The highest BCUT2D eigenvalue weighted by Gasteiger charge is 2.32. The van der Waals surface area contributed by atoms with Crippen LogP contribution in [-0.2, 0) is 16.3 Å². The fraction of sp³-hybridized carbons (Fsp3) is 0.500. The van der Waals surface area contributed by atoms with E-state index in [1.807, 2.05) is 0 Å². The number of nitro benzene ring substituents is 1. The average molecular weight is 284 g/mol. The quantitative estimate of drug-likeness (QED) is 0.653. The second kappa shape index (κ2) is 5.26. The van der Waals surface area contributed by atoms with Crippen LogP contribution in [-0.4, -0.2) is 30.9 Å². The summed E-state index contributed by atoms with van der Waals surface area (Å²) < 4.78 is 22.8. The second-order valence-electron chi connectivity index (χ2n) is 4.92. The first-order valence-electron chi connectivity index (χ1n) is 6.07. The van der Waals surface area contributed by atoms with E-state index in [0.29, 0.717) is 18.4 Å². The average Bonchev–Trinajstić information content (AvgIpc) is 2.70. The van der Waals surface area contributed by atoms with Gasteiger partial charge in [-0.3, -0.25) is 10.1 Å². The maximum Gasteiger partial charge on any atom is 0.272 e. The van der Waals surface area contributed by atoms with E-state index in [4.69, 9.17) is 5.73 Å². The molecule has 1 aliphatic rings. The molecule has 0 spiro atoms. The molecular weight excluding hydrogens is 268 g/mol. The van der Waals surface area contributed by atoms with Crippen LogP contribution in [0.2, 0.25) is 0 Å². The van der Waals surface area contributed by atoms with Crippen LogP contribution in [0.5, 0.6) is 0 Å². The van der Waals surface area contributed by atoms with Gasteiger partial charge in [0.1, 0.15) is 0 Å². The predicted octanol–water partition coefficient (Wildman–Crippen LogP) is 0.899. The Balaban J connectivity index is 2.12. The summed E-state index contributed by atoms with van der Waals surface area (Å²) in [5.74, 6) is 0.154. The van der Waals surface area contributed by atoms with E-state index in [9.17, 15) is 18.5 Å². The molecule has 1 aliphatic heterocycles. The summed E-state index contributed by atoms with van der Waals surface area (Å²) in [5.41, 5.74) is 6.61. The van der Waals surface area contributed by atoms with Crippen molar-refractivity contribution in [3.05, 3.63) is 39.9 Å². The molecule has 1 aromatic carbocycles. The smallest absolute Gasteiger partial charge is 0.272 e. The van der Waals surface area contributed by atoms with E-state index in [-0.39, 0.29) is 29.2 Å². The van der Waals surface area contributed by atoms with Gasteiger partial charge in [0.25, 0.3) is 5.69 Å². The van der Waals surface area contributed by atoms with Crippen LogP contribution in [0, 0.1) is 16.0 Å². The second-order valence-corrected chi connectivity index (χ2v) is 7.15. The van der Waals surface area contributed by atoms with Crippen molar-refractivity contribution >= 4 is 15.5 Å². The minimum Gasteiger partial charge on any atom is -0.327 e. The third kappa shape index (κ3) is 3.30. The number of hydrogen-bond acceptors (Lipinski definition) is 5. The molecule has 2 rings (SSSR count). The molecule has 2 N–H and O–H groups in total. The van der Waals surface area contributed by atoms with Crippen molar-refractivity contribution in [1.82, 2.24) is 0 Å². The zero-order chi connectivity index (χ0) is 14.0. The molecule has 6 nitrogen and oxygen atoms in total. The van der Waals surface area contributed by atoms with Crippen LogP contribution in [0.25, 0.3) is 0 Å². The Morgan fingerprint density at radius 1 is 1.42 bits per heavy atom. The molecule has 0 amide bonds. The van der Waals surface area contributed by atoms with E-state index in [0.717, 1.165) is 0 Å². The summed E-state index contributed by atoms with van der Waals surface area (Å²) in [5, 5.41) is 10.9. The molecule has 0 bridgehead atoms. The Morgan fingerprint density at radius 3 is 2.68 bits per heavy atom. The van der Waals surface area contributed by atoms with Crippen LogP contribution in [0.3, 0.4) is 0 Å². The van der Waals surface area contributed by atoms with Gasteiger partial charge in [-0.25, -0.2) is 8.42 Å². The summed E-state index contributed by atoms with van der Waals surface area (Å²) in [6.45, 7) is 0. The van der Waals surface area contributed by atoms with Gasteiger partial charge in [-0.1, -0.05) is 18.2 Å². The van der Waals surface area contributed by atoms with Gasteiger partial charge in [-0.15, -0.1) is 0 Å². The van der Waals surface area contributed by atoms with Crippen LogP contribution in [0.1, 0.15) is 12.0 Å². The zero-order valence-corrected chi connectivity index (χ0v) is 11.2. The maximum absolute atomic E-state index is 11.4. The van der Waals surface area contributed by atoms with Crippen molar-refractivity contribution in [3.63, 3.8) is 0 Å². The highest BCUT2D eigenvalue weighted by molar-refractivity contribution is 7.91. The zero-order valence-electron chi connectivity index (χ0n) is 10.4. The molecule has 0 aromatic heterocycles. The largest absolute Gasteiger partial charge is 0.327 e. The molecule has 7 heteroatoms. The van der Waals surface area contributed by atoms with E-state index in [2.05, 4.69) is 0 Å². The summed E-state index contributed by atoms with van der Waals surface area (Å²) in [4.78, 5) is 10.5. The molecule has 1 fully saturated rings. The molecule has 0 saturated carbocycles. The molecule has 2 atom stereocenters. The lowest BCUT2D eigenvalue weighted by Gasteiger charge is -2.17. The third-order valence-corrected chi connectivity index (χ3v) is 5.31. The fourth-order valence-electron chi connectivity index (χ4n) is 2.44. The summed E-state index contributed by atoms with van der Waals surface area (Å²) in [7, 11) is -2.97. The molecule has 2 unspecified atom stereocenters. The standard InChI is InChI=1S/C12H16N2O4S/c13-11(10-5-6-19(17,18)8-10)7-9-3-1-2-4-12(9)14(15)16/h1-4,10-11H,5-8,13H2. The van der Waals surface area contributed by atoms with E-state index < -0.39 is 14.8 Å². The first-order chi connectivity index (χ1) is 8.89. The van der Waals surface area contributed by atoms with Gasteiger partial charge in [-0.2, -0.15) is 0 Å². The van der Waals surface area contributed by atoms with E-state index in [1.54, 1.807) is 18.2 Å². The molecule has 104 valence electrons. The minimum absolute atomic E-state index is 0.0406. The van der Waals surface area contributed by atoms with Crippen LogP contribution >= 0.6 is 0 Å². The molecule has 0 aliphatic carbocycles. The number of sulfone groups is 1. The molecule has 19 heavy (non-hydrogen) atoms. The Labute approximate surface area is 111 Å². The van der Waals surface area contributed by atoms with Gasteiger partial charge >= 0.3 is 0 Å². The normalized spacial score (nSPS) is 23.1. The van der Waals surface area contributed by atoms with Crippen molar-refractivity contribution < 1.29 is 13.3 Å². The van der Waals surface area contributed by atoms with Crippen LogP contribution in [0.4, 0.5) is 5.69 Å². The van der Waals surface area contributed by atoms with Gasteiger partial charge in [0.15, 0.2) is 9.84 Å². The topological polar surface area (TPSA) is 103 Å². The van der Waals surface area contributed by atoms with Crippen molar-refractivity contribution in [1.29, 1.82) is 0 Å². The highest BCUT2D eigenvalue weighted by atomic mass is 32.2. The summed E-state index contributed by atoms with van der Waals surface area (Å²) in [6.07, 6.45) is 0.876. The molecular formula is C12H16N2O4S. The van der Waals surface area contributed by atoms with E-state index in [1.165, 1.54) is 6.07 Å². The Kier molecular flexibility index (Phi) is 3.86. The number of benzene rings is 1. The van der Waals surface area contributed by atoms with Gasteiger partial charge in [0.2, 0.25) is 0 Å². The van der Waals surface area contributed by atoms with Gasteiger partial charge in [0.05, 0.1) is 16.4 Å². The van der Waals surface area contributed by atoms with Crippen molar-refractivity contribution in [2.24, 2.45) is 11.7 Å². The lowest BCUT2D eigenvalue weighted by molar-refractivity contribution is -0.385. The highest BCUT2D eigenvalue weighted by Crippen LogP contribution is 2.25. The number of rotatable bonds is 4. The van der Waals surface area contributed by atoms with Crippen molar-refractivity contribution in [2.45, 2.75) is 18.9 Å². The Morgan fingerprint density at radius 2 is 2.11 bits per heavy atom. The molecule has 1 aromatic rings. The Hall–Kier alpha value is -1.47. The molecule has 1 heterocycles. The SMILES string of the molecule is NC(Cc1ccccc1[N+](=O)[O-])C1CCS(=O)(=O)C1. The lowest BCUT2D eigenvalue weighted by Crippen LogP contribution is -2.33. The predicted molar refractivity (Wildman–Crippen MR) is 71.5 cm³/mol. The van der Waals surface area contributed by atoms with Crippen LogP contribution in [0.15, 0.2) is 24.3 Å². The fourth-order valence-corrected chi connectivity index (χ4v) is 4.34.